The van der Waals surface area contributed by atoms with Crippen LogP contribution in [0.15, 0.2) is 29.2 Å². The number of benzene rings is 1. The summed E-state index contributed by atoms with van der Waals surface area (Å²) in [4.78, 5) is 15.0. The first kappa shape index (κ1) is 19.9. The summed E-state index contributed by atoms with van der Waals surface area (Å²) in [5.74, 6) is 0.117. The first-order valence-electron chi connectivity index (χ1n) is 9.10. The predicted molar refractivity (Wildman–Crippen MR) is 99.8 cm³/mol. The van der Waals surface area contributed by atoms with Gasteiger partial charge in [0.25, 0.3) is 0 Å². The van der Waals surface area contributed by atoms with Crippen LogP contribution in [0.4, 0.5) is 0 Å². The molecule has 1 aliphatic heterocycles. The molecule has 1 saturated heterocycles. The van der Waals surface area contributed by atoms with E-state index < -0.39 is 16.1 Å². The van der Waals surface area contributed by atoms with Crippen LogP contribution in [0.25, 0.3) is 0 Å². The Morgan fingerprint density at radius 3 is 2.44 bits per heavy atom. The summed E-state index contributed by atoms with van der Waals surface area (Å²) < 4.78 is 28.1. The first-order chi connectivity index (χ1) is 11.7. The third-order valence-corrected chi connectivity index (χ3v) is 6.21. The Bertz CT molecular complexity index is 683. The predicted octanol–water partition coefficient (Wildman–Crippen LogP) is 3.09. The van der Waals surface area contributed by atoms with E-state index in [4.69, 9.17) is 0 Å². The highest BCUT2D eigenvalue weighted by molar-refractivity contribution is 7.89. The van der Waals surface area contributed by atoms with Gasteiger partial charge < -0.3 is 4.90 Å². The maximum absolute atomic E-state index is 13.0. The Hall–Kier alpha value is -1.40. The number of aryl methyl sites for hydroxylation is 1. The molecular weight excluding hydrogens is 336 g/mol. The summed E-state index contributed by atoms with van der Waals surface area (Å²) >= 11 is 0. The van der Waals surface area contributed by atoms with Gasteiger partial charge in [0.2, 0.25) is 15.9 Å². The molecule has 1 N–H and O–H groups in total. The molecule has 0 radical (unpaired) electrons. The van der Waals surface area contributed by atoms with Crippen molar-refractivity contribution in [2.45, 2.75) is 70.4 Å². The monoisotopic (exact) mass is 366 g/mol. The van der Waals surface area contributed by atoms with Crippen LogP contribution in [0, 0.1) is 12.8 Å². The highest BCUT2D eigenvalue weighted by Crippen LogP contribution is 2.20. The van der Waals surface area contributed by atoms with E-state index in [1.165, 1.54) is 0 Å². The van der Waals surface area contributed by atoms with Gasteiger partial charge in [0.05, 0.1) is 4.90 Å². The van der Waals surface area contributed by atoms with E-state index in [2.05, 4.69) is 4.72 Å². The van der Waals surface area contributed by atoms with E-state index in [1.54, 1.807) is 24.3 Å². The van der Waals surface area contributed by atoms with E-state index >= 15 is 0 Å². The lowest BCUT2D eigenvalue weighted by Crippen LogP contribution is -2.53. The smallest absolute Gasteiger partial charge is 0.241 e. The Kier molecular flexibility index (Phi) is 6.63. The van der Waals surface area contributed by atoms with E-state index in [0.29, 0.717) is 13.0 Å². The van der Waals surface area contributed by atoms with Crippen LogP contribution in [-0.2, 0) is 14.8 Å². The minimum Gasteiger partial charge on any atom is -0.339 e. The van der Waals surface area contributed by atoms with Gasteiger partial charge in [0.1, 0.15) is 6.04 Å². The van der Waals surface area contributed by atoms with Crippen LogP contribution in [0.1, 0.15) is 52.0 Å². The van der Waals surface area contributed by atoms with Crippen LogP contribution in [0.2, 0.25) is 0 Å². The summed E-state index contributed by atoms with van der Waals surface area (Å²) in [5.41, 5.74) is 0.996. The molecule has 2 atom stereocenters. The van der Waals surface area contributed by atoms with Crippen molar-refractivity contribution < 1.29 is 13.2 Å². The fraction of sp³-hybridized carbons (Fsp3) is 0.632. The standard InChI is InChI=1S/C19H30N2O3S/c1-14(2)13-18(19(22)21-12-6-5-7-16(21)4)20-25(23,24)17-10-8-15(3)9-11-17/h8-11,14,16,18,20H,5-7,12-13H2,1-4H3. The molecule has 1 aromatic rings. The van der Waals surface area contributed by atoms with Crippen molar-refractivity contribution in [1.82, 2.24) is 9.62 Å². The van der Waals surface area contributed by atoms with Crippen molar-refractivity contribution in [3.63, 3.8) is 0 Å². The molecule has 25 heavy (non-hydrogen) atoms. The van der Waals surface area contributed by atoms with Gasteiger partial charge in [-0.2, -0.15) is 4.72 Å². The zero-order chi connectivity index (χ0) is 18.6. The number of nitrogens with zero attached hydrogens (tertiary/aromatic N) is 1. The number of amides is 1. The van der Waals surface area contributed by atoms with E-state index in [0.717, 1.165) is 24.8 Å². The topological polar surface area (TPSA) is 66.5 Å². The largest absolute Gasteiger partial charge is 0.339 e. The number of nitrogens with one attached hydrogen (secondary N) is 1. The lowest BCUT2D eigenvalue weighted by atomic mass is 9.99. The maximum atomic E-state index is 13.0. The van der Waals surface area contributed by atoms with Gasteiger partial charge in [-0.05, 0) is 57.6 Å². The lowest BCUT2D eigenvalue weighted by Gasteiger charge is -2.36. The minimum absolute atomic E-state index is 0.100. The SMILES string of the molecule is Cc1ccc(S(=O)(=O)NC(CC(C)C)C(=O)N2CCCCC2C)cc1. The number of hydrogen-bond acceptors (Lipinski definition) is 3. The summed E-state index contributed by atoms with van der Waals surface area (Å²) in [6.45, 7) is 8.66. The Labute approximate surface area is 151 Å². The zero-order valence-electron chi connectivity index (χ0n) is 15.7. The number of rotatable bonds is 6. The van der Waals surface area contributed by atoms with E-state index in [9.17, 15) is 13.2 Å². The average molecular weight is 367 g/mol. The molecule has 1 aliphatic rings. The number of carbonyl (C=O) groups excluding carboxylic acids is 1. The van der Waals surface area contributed by atoms with Crippen LogP contribution in [0.5, 0.6) is 0 Å². The lowest BCUT2D eigenvalue weighted by molar-refractivity contribution is -0.136. The molecule has 1 fully saturated rings. The molecule has 2 unspecified atom stereocenters. The van der Waals surface area contributed by atoms with Crippen molar-refractivity contribution in [2.24, 2.45) is 5.92 Å². The molecule has 0 bridgehead atoms. The highest BCUT2D eigenvalue weighted by atomic mass is 32.2. The number of sulfonamides is 1. The molecule has 6 heteroatoms. The fourth-order valence-corrected chi connectivity index (χ4v) is 4.47. The Balaban J connectivity index is 2.21. The molecule has 1 aromatic carbocycles. The van der Waals surface area contributed by atoms with Gasteiger partial charge in [0.15, 0.2) is 0 Å². The third kappa shape index (κ3) is 5.28. The first-order valence-corrected chi connectivity index (χ1v) is 10.6. The Morgan fingerprint density at radius 1 is 1.24 bits per heavy atom. The summed E-state index contributed by atoms with van der Waals surface area (Å²) in [7, 11) is -3.72. The van der Waals surface area contributed by atoms with Gasteiger partial charge in [-0.15, -0.1) is 0 Å². The molecular formula is C19H30N2O3S. The van der Waals surface area contributed by atoms with E-state index in [-0.39, 0.29) is 22.8 Å². The third-order valence-electron chi connectivity index (χ3n) is 4.72. The van der Waals surface area contributed by atoms with Crippen LogP contribution >= 0.6 is 0 Å². The number of carbonyl (C=O) groups is 1. The molecule has 0 spiro atoms. The molecule has 1 heterocycles. The molecule has 0 saturated carbocycles. The fourth-order valence-electron chi connectivity index (χ4n) is 3.27. The molecule has 1 amide bonds. The van der Waals surface area contributed by atoms with Crippen LogP contribution in [-0.4, -0.2) is 37.9 Å². The minimum atomic E-state index is -3.72. The van der Waals surface area contributed by atoms with Crippen molar-refractivity contribution in [2.75, 3.05) is 6.54 Å². The van der Waals surface area contributed by atoms with Gasteiger partial charge in [-0.1, -0.05) is 31.5 Å². The van der Waals surface area contributed by atoms with Gasteiger partial charge in [0, 0.05) is 12.6 Å². The van der Waals surface area contributed by atoms with Gasteiger partial charge in [-0.25, -0.2) is 8.42 Å². The van der Waals surface area contributed by atoms with Crippen molar-refractivity contribution in [1.29, 1.82) is 0 Å². The zero-order valence-corrected chi connectivity index (χ0v) is 16.5. The van der Waals surface area contributed by atoms with Crippen LogP contribution < -0.4 is 4.72 Å². The summed E-state index contributed by atoms with van der Waals surface area (Å²) in [5, 5.41) is 0. The van der Waals surface area contributed by atoms with Crippen molar-refractivity contribution in [3.05, 3.63) is 29.8 Å². The van der Waals surface area contributed by atoms with Gasteiger partial charge >= 0.3 is 0 Å². The second-order valence-electron chi connectivity index (χ2n) is 7.49. The van der Waals surface area contributed by atoms with Gasteiger partial charge in [-0.3, -0.25) is 4.79 Å². The average Bonchev–Trinajstić information content (AvgIpc) is 2.54. The number of hydrogen-bond donors (Lipinski definition) is 1. The molecule has 5 nitrogen and oxygen atoms in total. The quantitative estimate of drug-likeness (QED) is 0.841. The number of likely N-dealkylation sites (tertiary alicyclic amines) is 1. The molecule has 0 aromatic heterocycles. The summed E-state index contributed by atoms with van der Waals surface area (Å²) in [6, 6.07) is 6.14. The van der Waals surface area contributed by atoms with E-state index in [1.807, 2.05) is 32.6 Å². The summed E-state index contributed by atoms with van der Waals surface area (Å²) in [6.07, 6.45) is 3.57. The highest BCUT2D eigenvalue weighted by Gasteiger charge is 2.32. The molecule has 140 valence electrons. The second-order valence-corrected chi connectivity index (χ2v) is 9.21. The normalized spacial score (nSPS) is 19.9. The Morgan fingerprint density at radius 2 is 1.88 bits per heavy atom. The van der Waals surface area contributed by atoms with Crippen molar-refractivity contribution >= 4 is 15.9 Å². The molecule has 2 rings (SSSR count). The molecule has 0 aliphatic carbocycles. The maximum Gasteiger partial charge on any atom is 0.241 e. The number of piperidine rings is 1. The van der Waals surface area contributed by atoms with Crippen LogP contribution in [0.3, 0.4) is 0 Å². The second kappa shape index (κ2) is 8.32. The van der Waals surface area contributed by atoms with Crippen molar-refractivity contribution in [3.8, 4) is 0 Å².